The first kappa shape index (κ1) is 17.9. The summed E-state index contributed by atoms with van der Waals surface area (Å²) < 4.78 is 0. The van der Waals surface area contributed by atoms with Crippen molar-refractivity contribution in [1.29, 1.82) is 21.6 Å². The molecule has 0 radical (unpaired) electrons. The van der Waals surface area contributed by atoms with Gasteiger partial charge in [0, 0.05) is 0 Å². The van der Waals surface area contributed by atoms with Crippen molar-refractivity contribution in [3.63, 3.8) is 0 Å². The molecule has 5 rings (SSSR count). The van der Waals surface area contributed by atoms with E-state index < -0.39 is 0 Å². The van der Waals surface area contributed by atoms with E-state index in [2.05, 4.69) is 24.3 Å². The Morgan fingerprint density at radius 1 is 0.467 bits per heavy atom. The number of fused-ring (bicyclic) bond motifs is 2. The minimum absolute atomic E-state index is 0.204. The van der Waals surface area contributed by atoms with Gasteiger partial charge < -0.3 is 0 Å². The van der Waals surface area contributed by atoms with Crippen LogP contribution in [-0.2, 0) is 0 Å². The first-order valence-corrected chi connectivity index (χ1v) is 9.62. The quantitative estimate of drug-likeness (QED) is 0.308. The van der Waals surface area contributed by atoms with Crippen molar-refractivity contribution >= 4 is 55.5 Å². The van der Waals surface area contributed by atoms with Crippen molar-refractivity contribution in [2.45, 2.75) is 0 Å². The Morgan fingerprint density at radius 2 is 0.900 bits per heavy atom. The van der Waals surface area contributed by atoms with Gasteiger partial charge >= 0.3 is 0 Å². The summed E-state index contributed by atoms with van der Waals surface area (Å²) in [6, 6.07) is 16.6. The molecular weight excluding hydrogens is 368 g/mol. The second-order valence-electron chi connectivity index (χ2n) is 7.43. The molecule has 0 spiro atoms. The summed E-state index contributed by atoms with van der Waals surface area (Å²) in [5.41, 5.74) is 4.67. The highest BCUT2D eigenvalue weighted by Gasteiger charge is 2.16. The van der Waals surface area contributed by atoms with Crippen LogP contribution in [0.3, 0.4) is 0 Å². The Kier molecular flexibility index (Phi) is 4.00. The Labute approximate surface area is 173 Å². The molecule has 0 amide bonds. The van der Waals surface area contributed by atoms with Gasteiger partial charge in [-0.2, -0.15) is 0 Å². The van der Waals surface area contributed by atoms with Crippen LogP contribution in [0.1, 0.15) is 11.1 Å². The molecule has 0 atom stereocenters. The van der Waals surface area contributed by atoms with Gasteiger partial charge in [-0.15, -0.1) is 0 Å². The normalized spacial score (nSPS) is 16.4. The highest BCUT2D eigenvalue weighted by molar-refractivity contribution is 6.51. The molecule has 0 fully saturated rings. The molecule has 2 aliphatic carbocycles. The van der Waals surface area contributed by atoms with E-state index in [0.717, 1.165) is 43.8 Å². The first-order chi connectivity index (χ1) is 14.5. The lowest BCUT2D eigenvalue weighted by Gasteiger charge is -2.17. The predicted octanol–water partition coefficient (Wildman–Crippen LogP) is 5.98. The van der Waals surface area contributed by atoms with E-state index in [1.54, 1.807) is 24.3 Å². The third kappa shape index (κ3) is 2.86. The average molecular weight is 386 g/mol. The molecule has 142 valence electrons. The predicted molar refractivity (Wildman–Crippen MR) is 127 cm³/mol. The molecule has 0 bridgehead atoms. The van der Waals surface area contributed by atoms with E-state index in [9.17, 15) is 0 Å². The van der Waals surface area contributed by atoms with Crippen molar-refractivity contribution in [2.75, 3.05) is 0 Å². The maximum absolute atomic E-state index is 8.04. The minimum atomic E-state index is 0.204. The lowest BCUT2D eigenvalue weighted by Crippen LogP contribution is -2.10. The molecule has 0 aliphatic heterocycles. The van der Waals surface area contributed by atoms with E-state index in [-0.39, 0.29) is 22.8 Å². The molecule has 0 aromatic heterocycles. The maximum Gasteiger partial charge on any atom is 0.0795 e. The zero-order valence-corrected chi connectivity index (χ0v) is 16.1. The molecular formula is C26H18N4. The molecule has 0 saturated carbocycles. The van der Waals surface area contributed by atoms with Gasteiger partial charge in [-0.05, 0) is 80.3 Å². The van der Waals surface area contributed by atoms with Gasteiger partial charge in [-0.3, -0.25) is 21.6 Å². The van der Waals surface area contributed by atoms with Crippen molar-refractivity contribution in [1.82, 2.24) is 0 Å². The number of hydrogen-bond donors (Lipinski definition) is 4. The van der Waals surface area contributed by atoms with Crippen LogP contribution >= 0.6 is 0 Å². The van der Waals surface area contributed by atoms with Gasteiger partial charge in [0.2, 0.25) is 0 Å². The number of hydrogen-bond acceptors (Lipinski definition) is 4. The van der Waals surface area contributed by atoms with Gasteiger partial charge in [-0.1, -0.05) is 48.6 Å². The molecule has 4 nitrogen and oxygen atoms in total. The van der Waals surface area contributed by atoms with Gasteiger partial charge in [0.05, 0.1) is 22.8 Å². The SMILES string of the molecule is N=C1C=CC(c2ccc(C3=CC(=N)C(=N)C=C3)c3cc4ccccc4cc23)=CC1=N. The summed E-state index contributed by atoms with van der Waals surface area (Å²) in [6.07, 6.45) is 10.6. The average Bonchev–Trinajstić information content (AvgIpc) is 2.75. The zero-order valence-electron chi connectivity index (χ0n) is 16.1. The van der Waals surface area contributed by atoms with Crippen LogP contribution < -0.4 is 0 Å². The van der Waals surface area contributed by atoms with Crippen molar-refractivity contribution < 1.29 is 0 Å². The highest BCUT2D eigenvalue weighted by Crippen LogP contribution is 2.36. The van der Waals surface area contributed by atoms with Crippen molar-refractivity contribution in [2.24, 2.45) is 0 Å². The molecule has 0 saturated heterocycles. The molecule has 4 heteroatoms. The first-order valence-electron chi connectivity index (χ1n) is 9.62. The van der Waals surface area contributed by atoms with Gasteiger partial charge in [0.25, 0.3) is 0 Å². The lowest BCUT2D eigenvalue weighted by atomic mass is 9.87. The fourth-order valence-electron chi connectivity index (χ4n) is 3.96. The largest absolute Gasteiger partial charge is 0.299 e. The summed E-state index contributed by atoms with van der Waals surface area (Å²) >= 11 is 0. The van der Waals surface area contributed by atoms with E-state index in [4.69, 9.17) is 21.6 Å². The number of allylic oxidation sites excluding steroid dienone is 8. The van der Waals surface area contributed by atoms with Crippen molar-refractivity contribution in [3.8, 4) is 0 Å². The molecule has 2 aliphatic rings. The minimum Gasteiger partial charge on any atom is -0.299 e. The van der Waals surface area contributed by atoms with Crippen LogP contribution in [0.2, 0.25) is 0 Å². The highest BCUT2D eigenvalue weighted by atomic mass is 14.5. The molecule has 30 heavy (non-hydrogen) atoms. The summed E-state index contributed by atoms with van der Waals surface area (Å²) in [6.45, 7) is 0. The van der Waals surface area contributed by atoms with E-state index in [1.165, 1.54) is 0 Å². The number of rotatable bonds is 2. The monoisotopic (exact) mass is 386 g/mol. The van der Waals surface area contributed by atoms with Crippen LogP contribution in [0, 0.1) is 21.6 Å². The van der Waals surface area contributed by atoms with Crippen LogP contribution in [0.15, 0.2) is 85.0 Å². The summed E-state index contributed by atoms with van der Waals surface area (Å²) in [7, 11) is 0. The van der Waals surface area contributed by atoms with E-state index in [0.29, 0.717) is 0 Å². The smallest absolute Gasteiger partial charge is 0.0795 e. The Hall–Kier alpha value is -4.18. The van der Waals surface area contributed by atoms with Crippen LogP contribution in [-0.4, -0.2) is 22.8 Å². The van der Waals surface area contributed by atoms with Gasteiger partial charge in [0.1, 0.15) is 0 Å². The molecule has 0 heterocycles. The van der Waals surface area contributed by atoms with E-state index >= 15 is 0 Å². The van der Waals surface area contributed by atoms with Gasteiger partial charge in [-0.25, -0.2) is 0 Å². The molecule has 0 unspecified atom stereocenters. The summed E-state index contributed by atoms with van der Waals surface area (Å²) in [5, 5.41) is 36.1. The third-order valence-corrected chi connectivity index (χ3v) is 5.54. The van der Waals surface area contributed by atoms with E-state index in [1.807, 2.05) is 36.4 Å². The standard InChI is InChI=1S/C26H18N4/c27-23-9-5-17(13-25(23)29)19-7-8-20(18-6-10-24(28)26(30)14-18)22-12-16-4-2-1-3-15(16)11-21(19)22/h1-14,27-30H. The zero-order chi connectivity index (χ0) is 20.8. The van der Waals surface area contributed by atoms with Crippen LogP contribution in [0.4, 0.5) is 0 Å². The molecule has 3 aromatic carbocycles. The fraction of sp³-hybridized carbons (Fsp3) is 0. The van der Waals surface area contributed by atoms with Crippen molar-refractivity contribution in [3.05, 3.63) is 96.1 Å². The Balaban J connectivity index is 1.81. The number of benzene rings is 3. The van der Waals surface area contributed by atoms with Crippen LogP contribution in [0.5, 0.6) is 0 Å². The third-order valence-electron chi connectivity index (χ3n) is 5.54. The topological polar surface area (TPSA) is 95.4 Å². The van der Waals surface area contributed by atoms with Crippen LogP contribution in [0.25, 0.3) is 32.7 Å². The molecule has 3 aromatic rings. The summed E-state index contributed by atoms with van der Waals surface area (Å²) in [5.74, 6) is 0. The Morgan fingerprint density at radius 3 is 1.30 bits per heavy atom. The maximum atomic E-state index is 8.04. The molecule has 4 N–H and O–H groups in total. The second kappa shape index (κ2) is 6.71. The van der Waals surface area contributed by atoms with Gasteiger partial charge in [0.15, 0.2) is 0 Å². The summed E-state index contributed by atoms with van der Waals surface area (Å²) in [4.78, 5) is 0. The number of nitrogens with one attached hydrogen (secondary N) is 4. The fourth-order valence-corrected chi connectivity index (χ4v) is 3.96. The lowest BCUT2D eigenvalue weighted by molar-refractivity contribution is 1.49. The second-order valence-corrected chi connectivity index (χ2v) is 7.43. The Bertz CT molecular complexity index is 1330.